The smallest absolute Gasteiger partial charge is 0.127 e. The fourth-order valence-corrected chi connectivity index (χ4v) is 2.80. The van der Waals surface area contributed by atoms with Gasteiger partial charge in [0.15, 0.2) is 0 Å². The highest BCUT2D eigenvalue weighted by atomic mass is 35.5. The van der Waals surface area contributed by atoms with Crippen LogP contribution in [0.4, 0.5) is 4.39 Å². The standard InChI is InChI=1S/C13H17ClFN/c1-8-9(5-6-13(8)16)7-10-11(14)3-2-4-12(10)15/h2-4,8-9,13H,5-7,16H2,1H3. The van der Waals surface area contributed by atoms with E-state index in [2.05, 4.69) is 6.92 Å². The minimum Gasteiger partial charge on any atom is -0.327 e. The summed E-state index contributed by atoms with van der Waals surface area (Å²) in [7, 11) is 0. The zero-order chi connectivity index (χ0) is 11.7. The third-order valence-electron chi connectivity index (χ3n) is 3.82. The van der Waals surface area contributed by atoms with Crippen LogP contribution in [0.3, 0.4) is 0 Å². The summed E-state index contributed by atoms with van der Waals surface area (Å²) >= 11 is 6.02. The maximum Gasteiger partial charge on any atom is 0.127 e. The highest BCUT2D eigenvalue weighted by Crippen LogP contribution is 2.35. The van der Waals surface area contributed by atoms with Crippen molar-refractivity contribution in [3.8, 4) is 0 Å². The number of hydrogen-bond donors (Lipinski definition) is 1. The summed E-state index contributed by atoms with van der Waals surface area (Å²) in [6.07, 6.45) is 2.82. The molecule has 0 radical (unpaired) electrons. The first kappa shape index (κ1) is 11.9. The maximum atomic E-state index is 13.6. The van der Waals surface area contributed by atoms with E-state index in [0.717, 1.165) is 12.8 Å². The zero-order valence-corrected chi connectivity index (χ0v) is 10.2. The van der Waals surface area contributed by atoms with Gasteiger partial charge in [-0.25, -0.2) is 4.39 Å². The van der Waals surface area contributed by atoms with E-state index in [-0.39, 0.29) is 11.9 Å². The van der Waals surface area contributed by atoms with E-state index in [1.165, 1.54) is 6.07 Å². The Morgan fingerprint density at radius 3 is 2.75 bits per heavy atom. The second-order valence-electron chi connectivity index (χ2n) is 4.76. The van der Waals surface area contributed by atoms with Gasteiger partial charge in [-0.15, -0.1) is 0 Å². The van der Waals surface area contributed by atoms with E-state index >= 15 is 0 Å². The van der Waals surface area contributed by atoms with Gasteiger partial charge in [-0.1, -0.05) is 24.6 Å². The molecule has 3 heteroatoms. The van der Waals surface area contributed by atoms with E-state index in [1.807, 2.05) is 0 Å². The van der Waals surface area contributed by atoms with Gasteiger partial charge in [0.25, 0.3) is 0 Å². The van der Waals surface area contributed by atoms with Gasteiger partial charge in [0.2, 0.25) is 0 Å². The monoisotopic (exact) mass is 241 g/mol. The van der Waals surface area contributed by atoms with E-state index in [0.29, 0.717) is 28.8 Å². The summed E-state index contributed by atoms with van der Waals surface area (Å²) in [6, 6.07) is 5.13. The molecular formula is C13H17ClFN. The van der Waals surface area contributed by atoms with Crippen LogP contribution < -0.4 is 5.73 Å². The lowest BCUT2D eigenvalue weighted by Gasteiger charge is -2.18. The third kappa shape index (κ3) is 2.23. The predicted molar refractivity (Wildman–Crippen MR) is 65.0 cm³/mol. The van der Waals surface area contributed by atoms with Crippen LogP contribution in [0.15, 0.2) is 18.2 Å². The molecule has 0 aromatic heterocycles. The lowest BCUT2D eigenvalue weighted by molar-refractivity contribution is 0.385. The highest BCUT2D eigenvalue weighted by molar-refractivity contribution is 6.31. The molecule has 0 bridgehead atoms. The van der Waals surface area contributed by atoms with Gasteiger partial charge < -0.3 is 5.73 Å². The van der Waals surface area contributed by atoms with Gasteiger partial charge in [0, 0.05) is 16.6 Å². The third-order valence-corrected chi connectivity index (χ3v) is 4.17. The molecule has 16 heavy (non-hydrogen) atoms. The van der Waals surface area contributed by atoms with Crippen LogP contribution in [0.2, 0.25) is 5.02 Å². The summed E-state index contributed by atoms with van der Waals surface area (Å²) in [5, 5.41) is 0.535. The van der Waals surface area contributed by atoms with Crippen molar-refractivity contribution in [2.24, 2.45) is 17.6 Å². The van der Waals surface area contributed by atoms with Gasteiger partial charge >= 0.3 is 0 Å². The van der Waals surface area contributed by atoms with Gasteiger partial charge in [-0.2, -0.15) is 0 Å². The first-order chi connectivity index (χ1) is 7.59. The van der Waals surface area contributed by atoms with E-state index < -0.39 is 0 Å². The largest absolute Gasteiger partial charge is 0.327 e. The Labute approximate surface area is 101 Å². The molecule has 2 rings (SSSR count). The van der Waals surface area contributed by atoms with Gasteiger partial charge in [-0.3, -0.25) is 0 Å². The summed E-state index contributed by atoms with van der Waals surface area (Å²) < 4.78 is 13.6. The molecule has 1 aliphatic carbocycles. The molecule has 1 aromatic rings. The van der Waals surface area contributed by atoms with Crippen molar-refractivity contribution in [3.63, 3.8) is 0 Å². The Kier molecular flexibility index (Phi) is 3.50. The van der Waals surface area contributed by atoms with Gasteiger partial charge in [-0.05, 0) is 43.2 Å². The maximum absolute atomic E-state index is 13.6. The van der Waals surface area contributed by atoms with Crippen molar-refractivity contribution in [2.45, 2.75) is 32.2 Å². The fourth-order valence-electron chi connectivity index (χ4n) is 2.56. The molecule has 0 aliphatic heterocycles. The van der Waals surface area contributed by atoms with Crippen molar-refractivity contribution < 1.29 is 4.39 Å². The van der Waals surface area contributed by atoms with Crippen LogP contribution in [0, 0.1) is 17.7 Å². The van der Waals surface area contributed by atoms with E-state index in [1.54, 1.807) is 12.1 Å². The molecule has 1 aliphatic rings. The number of benzene rings is 1. The van der Waals surface area contributed by atoms with Crippen molar-refractivity contribution >= 4 is 11.6 Å². The SMILES string of the molecule is CC1C(N)CCC1Cc1c(F)cccc1Cl. The van der Waals surface area contributed by atoms with Gasteiger partial charge in [0.1, 0.15) is 5.82 Å². The number of hydrogen-bond acceptors (Lipinski definition) is 1. The summed E-state index contributed by atoms with van der Waals surface area (Å²) in [4.78, 5) is 0. The van der Waals surface area contributed by atoms with Crippen LogP contribution in [-0.4, -0.2) is 6.04 Å². The Morgan fingerprint density at radius 2 is 2.19 bits per heavy atom. The minimum atomic E-state index is -0.194. The quantitative estimate of drug-likeness (QED) is 0.844. The first-order valence-electron chi connectivity index (χ1n) is 5.78. The van der Waals surface area contributed by atoms with E-state index in [9.17, 15) is 4.39 Å². The molecule has 1 nitrogen and oxygen atoms in total. The predicted octanol–water partition coefficient (Wildman–Crippen LogP) is 3.40. The van der Waals surface area contributed by atoms with Crippen molar-refractivity contribution in [1.29, 1.82) is 0 Å². The van der Waals surface area contributed by atoms with E-state index in [4.69, 9.17) is 17.3 Å². The Hall–Kier alpha value is -0.600. The summed E-state index contributed by atoms with van der Waals surface area (Å²) in [5.41, 5.74) is 6.62. The normalized spacial score (nSPS) is 29.6. The Bertz CT molecular complexity index is 360. The molecule has 3 unspecified atom stereocenters. The van der Waals surface area contributed by atoms with Crippen LogP contribution >= 0.6 is 11.6 Å². The molecule has 0 heterocycles. The molecule has 0 saturated heterocycles. The average molecular weight is 242 g/mol. The molecule has 1 saturated carbocycles. The first-order valence-corrected chi connectivity index (χ1v) is 6.16. The van der Waals surface area contributed by atoms with Crippen molar-refractivity contribution in [1.82, 2.24) is 0 Å². The van der Waals surface area contributed by atoms with Crippen LogP contribution in [0.1, 0.15) is 25.3 Å². The number of nitrogens with two attached hydrogens (primary N) is 1. The molecule has 0 spiro atoms. The Morgan fingerprint density at radius 1 is 1.44 bits per heavy atom. The van der Waals surface area contributed by atoms with Crippen LogP contribution in [-0.2, 0) is 6.42 Å². The molecular weight excluding hydrogens is 225 g/mol. The fraction of sp³-hybridized carbons (Fsp3) is 0.538. The highest BCUT2D eigenvalue weighted by Gasteiger charge is 2.31. The number of halogens is 2. The van der Waals surface area contributed by atoms with Gasteiger partial charge in [0.05, 0.1) is 0 Å². The topological polar surface area (TPSA) is 26.0 Å². The second kappa shape index (κ2) is 4.72. The van der Waals surface area contributed by atoms with Crippen molar-refractivity contribution in [2.75, 3.05) is 0 Å². The molecule has 0 amide bonds. The molecule has 3 atom stereocenters. The lowest BCUT2D eigenvalue weighted by Crippen LogP contribution is -2.25. The molecule has 88 valence electrons. The Balaban J connectivity index is 2.15. The average Bonchev–Trinajstić information content (AvgIpc) is 2.55. The summed E-state index contributed by atoms with van der Waals surface area (Å²) in [6.45, 7) is 2.15. The summed E-state index contributed by atoms with van der Waals surface area (Å²) in [5.74, 6) is 0.722. The minimum absolute atomic E-state index is 0.194. The lowest BCUT2D eigenvalue weighted by atomic mass is 9.89. The molecule has 1 aromatic carbocycles. The zero-order valence-electron chi connectivity index (χ0n) is 9.42. The van der Waals surface area contributed by atoms with Crippen LogP contribution in [0.5, 0.6) is 0 Å². The van der Waals surface area contributed by atoms with Crippen LogP contribution in [0.25, 0.3) is 0 Å². The van der Waals surface area contributed by atoms with Crippen molar-refractivity contribution in [3.05, 3.63) is 34.6 Å². The number of rotatable bonds is 2. The second-order valence-corrected chi connectivity index (χ2v) is 5.17. The molecule has 1 fully saturated rings. The molecule has 2 N–H and O–H groups in total.